The van der Waals surface area contributed by atoms with Crippen LogP contribution in [0.4, 0.5) is 5.69 Å². The molecule has 0 aliphatic carbocycles. The summed E-state index contributed by atoms with van der Waals surface area (Å²) < 4.78 is 10.4. The van der Waals surface area contributed by atoms with E-state index in [9.17, 15) is 0 Å². The van der Waals surface area contributed by atoms with Crippen LogP contribution in [0.5, 0.6) is 0 Å². The third kappa shape index (κ3) is 2.67. The van der Waals surface area contributed by atoms with E-state index in [1.807, 2.05) is 24.3 Å². The minimum atomic E-state index is 0.760. The smallest absolute Gasteiger partial charge is 0.149 e. The number of nitrogens with zero attached hydrogens (tertiary/aromatic N) is 3. The first-order valence-electron chi connectivity index (χ1n) is 7.22. The van der Waals surface area contributed by atoms with Crippen molar-refractivity contribution in [3.8, 4) is 0 Å². The number of hydrogen-bond donors (Lipinski definition) is 0. The molecule has 5 nitrogen and oxygen atoms in total. The lowest BCUT2D eigenvalue weighted by atomic mass is 10.2. The van der Waals surface area contributed by atoms with Gasteiger partial charge in [-0.15, -0.1) is 0 Å². The Balaban J connectivity index is 1.73. The third-order valence-corrected chi connectivity index (χ3v) is 4.70. The Morgan fingerprint density at radius 2 is 1.82 bits per heavy atom. The molecule has 0 spiro atoms. The van der Waals surface area contributed by atoms with Gasteiger partial charge in [-0.05, 0) is 34.6 Å². The highest BCUT2D eigenvalue weighted by atomic mass is 32.2. The molecule has 112 valence electrons. The van der Waals surface area contributed by atoms with Crippen molar-refractivity contribution >= 4 is 28.5 Å². The van der Waals surface area contributed by atoms with Gasteiger partial charge in [0.25, 0.3) is 0 Å². The summed E-state index contributed by atoms with van der Waals surface area (Å²) in [7, 11) is 0. The zero-order valence-electron chi connectivity index (χ0n) is 11.9. The summed E-state index contributed by atoms with van der Waals surface area (Å²) in [4.78, 5) is 4.55. The number of aromatic nitrogens is 2. The van der Waals surface area contributed by atoms with Crippen LogP contribution >= 0.6 is 11.8 Å². The van der Waals surface area contributed by atoms with Crippen molar-refractivity contribution in [2.24, 2.45) is 0 Å². The maximum absolute atomic E-state index is 5.43. The monoisotopic (exact) mass is 313 g/mol. The van der Waals surface area contributed by atoms with Crippen LogP contribution in [0.1, 0.15) is 0 Å². The second kappa shape index (κ2) is 5.98. The molecular weight excluding hydrogens is 298 g/mol. The van der Waals surface area contributed by atoms with Gasteiger partial charge in [0, 0.05) is 28.6 Å². The van der Waals surface area contributed by atoms with Crippen molar-refractivity contribution in [2.45, 2.75) is 9.79 Å². The second-order valence-corrected chi connectivity index (χ2v) is 6.21. The van der Waals surface area contributed by atoms with Gasteiger partial charge < -0.3 is 9.64 Å². The summed E-state index contributed by atoms with van der Waals surface area (Å²) in [5.74, 6) is 0. The molecular formula is C16H15N3O2S. The lowest BCUT2D eigenvalue weighted by Crippen LogP contribution is -2.36. The van der Waals surface area contributed by atoms with Gasteiger partial charge in [0.05, 0.1) is 13.2 Å². The first-order chi connectivity index (χ1) is 10.9. The van der Waals surface area contributed by atoms with Crippen molar-refractivity contribution in [3.63, 3.8) is 0 Å². The summed E-state index contributed by atoms with van der Waals surface area (Å²) in [6.07, 6.45) is 0. The van der Waals surface area contributed by atoms with Gasteiger partial charge in [-0.2, -0.15) is 0 Å². The van der Waals surface area contributed by atoms with Crippen LogP contribution in [0, 0.1) is 0 Å². The third-order valence-electron chi connectivity index (χ3n) is 3.66. The van der Waals surface area contributed by atoms with Crippen molar-refractivity contribution in [1.82, 2.24) is 10.3 Å². The standard InChI is InChI=1S/C16H15N3O2S/c1-2-4-13(5-3-1)22-15-11-12(19-6-8-20-9-7-19)10-14-16(15)18-21-17-14/h1-5,10-11H,6-9H2. The summed E-state index contributed by atoms with van der Waals surface area (Å²) in [5.41, 5.74) is 2.75. The Bertz CT molecular complexity index is 769. The molecule has 2 aromatic carbocycles. The first-order valence-corrected chi connectivity index (χ1v) is 8.04. The topological polar surface area (TPSA) is 51.4 Å². The highest BCUT2D eigenvalue weighted by molar-refractivity contribution is 7.99. The molecule has 0 N–H and O–H groups in total. The number of benzene rings is 2. The van der Waals surface area contributed by atoms with E-state index in [0.717, 1.165) is 47.9 Å². The average Bonchev–Trinajstić information content (AvgIpc) is 3.05. The molecule has 2 heterocycles. The zero-order valence-corrected chi connectivity index (χ0v) is 12.8. The number of anilines is 1. The molecule has 0 unspecified atom stereocenters. The van der Waals surface area contributed by atoms with Gasteiger partial charge in [-0.25, -0.2) is 4.63 Å². The fourth-order valence-corrected chi connectivity index (χ4v) is 3.51. The van der Waals surface area contributed by atoms with Crippen LogP contribution in [0.25, 0.3) is 11.0 Å². The second-order valence-electron chi connectivity index (χ2n) is 5.09. The Morgan fingerprint density at radius 1 is 1.00 bits per heavy atom. The Morgan fingerprint density at radius 3 is 2.64 bits per heavy atom. The fraction of sp³-hybridized carbons (Fsp3) is 0.250. The highest BCUT2D eigenvalue weighted by Crippen LogP contribution is 2.35. The first kappa shape index (κ1) is 13.6. The van der Waals surface area contributed by atoms with Gasteiger partial charge >= 0.3 is 0 Å². The Labute approximate surface area is 132 Å². The normalized spacial score (nSPS) is 15.4. The minimum absolute atomic E-state index is 0.760. The highest BCUT2D eigenvalue weighted by Gasteiger charge is 2.16. The van der Waals surface area contributed by atoms with Crippen LogP contribution in [0.2, 0.25) is 0 Å². The Hall–Kier alpha value is -2.05. The molecule has 22 heavy (non-hydrogen) atoms. The maximum atomic E-state index is 5.43. The molecule has 1 aromatic heterocycles. The van der Waals surface area contributed by atoms with E-state index in [0.29, 0.717) is 0 Å². The van der Waals surface area contributed by atoms with E-state index in [2.05, 4.69) is 33.4 Å². The van der Waals surface area contributed by atoms with E-state index in [-0.39, 0.29) is 0 Å². The van der Waals surface area contributed by atoms with E-state index in [1.165, 1.54) is 4.90 Å². The molecule has 1 aliphatic rings. The van der Waals surface area contributed by atoms with Crippen molar-refractivity contribution in [2.75, 3.05) is 31.2 Å². The number of rotatable bonds is 3. The fourth-order valence-electron chi connectivity index (χ4n) is 2.54. The number of fused-ring (bicyclic) bond motifs is 1. The number of hydrogen-bond acceptors (Lipinski definition) is 6. The van der Waals surface area contributed by atoms with Crippen LogP contribution < -0.4 is 4.90 Å². The molecule has 3 aromatic rings. The van der Waals surface area contributed by atoms with Gasteiger partial charge in [0.1, 0.15) is 11.0 Å². The lowest BCUT2D eigenvalue weighted by molar-refractivity contribution is 0.122. The molecule has 4 rings (SSSR count). The molecule has 0 radical (unpaired) electrons. The molecule has 1 saturated heterocycles. The summed E-state index contributed by atoms with van der Waals surface area (Å²) in [6, 6.07) is 14.5. The molecule has 0 bridgehead atoms. The van der Waals surface area contributed by atoms with E-state index in [4.69, 9.17) is 9.37 Å². The Kier molecular flexibility index (Phi) is 3.70. The predicted molar refractivity (Wildman–Crippen MR) is 85.4 cm³/mol. The van der Waals surface area contributed by atoms with Crippen LogP contribution in [-0.4, -0.2) is 36.6 Å². The molecule has 0 atom stereocenters. The van der Waals surface area contributed by atoms with Crippen LogP contribution in [0.15, 0.2) is 56.9 Å². The van der Waals surface area contributed by atoms with Crippen LogP contribution in [0.3, 0.4) is 0 Å². The van der Waals surface area contributed by atoms with Gasteiger partial charge in [0.2, 0.25) is 0 Å². The van der Waals surface area contributed by atoms with Gasteiger partial charge in [-0.3, -0.25) is 0 Å². The SMILES string of the molecule is c1ccc(Sc2cc(N3CCOCC3)cc3nonc23)cc1. The zero-order chi connectivity index (χ0) is 14.8. The molecule has 1 fully saturated rings. The predicted octanol–water partition coefficient (Wildman–Crippen LogP) is 3.21. The van der Waals surface area contributed by atoms with Crippen LogP contribution in [-0.2, 0) is 4.74 Å². The van der Waals surface area contributed by atoms with E-state index >= 15 is 0 Å². The molecule has 0 amide bonds. The van der Waals surface area contributed by atoms with Crippen molar-refractivity contribution in [3.05, 3.63) is 42.5 Å². The molecule has 0 saturated carbocycles. The largest absolute Gasteiger partial charge is 0.378 e. The van der Waals surface area contributed by atoms with E-state index in [1.54, 1.807) is 11.8 Å². The average molecular weight is 313 g/mol. The maximum Gasteiger partial charge on any atom is 0.149 e. The van der Waals surface area contributed by atoms with Crippen molar-refractivity contribution < 1.29 is 9.37 Å². The summed E-state index contributed by atoms with van der Waals surface area (Å²) >= 11 is 1.68. The lowest BCUT2D eigenvalue weighted by Gasteiger charge is -2.29. The minimum Gasteiger partial charge on any atom is -0.378 e. The quantitative estimate of drug-likeness (QED) is 0.740. The summed E-state index contributed by atoms with van der Waals surface area (Å²) in [5, 5.41) is 8.07. The number of ether oxygens (including phenoxy) is 1. The van der Waals surface area contributed by atoms with E-state index < -0.39 is 0 Å². The van der Waals surface area contributed by atoms with Gasteiger partial charge in [0.15, 0.2) is 0 Å². The van der Waals surface area contributed by atoms with Gasteiger partial charge in [-0.1, -0.05) is 30.0 Å². The summed E-state index contributed by atoms with van der Waals surface area (Å²) in [6.45, 7) is 3.31. The number of morpholine rings is 1. The van der Waals surface area contributed by atoms with Crippen molar-refractivity contribution in [1.29, 1.82) is 0 Å². The molecule has 1 aliphatic heterocycles. The molecule has 6 heteroatoms.